The van der Waals surface area contributed by atoms with Gasteiger partial charge in [0.2, 0.25) is 0 Å². The summed E-state index contributed by atoms with van der Waals surface area (Å²) in [5.41, 5.74) is 0.737. The fourth-order valence-electron chi connectivity index (χ4n) is 1.42. The highest BCUT2D eigenvalue weighted by Gasteiger charge is 2.12. The van der Waals surface area contributed by atoms with E-state index in [2.05, 4.69) is 25.9 Å². The fourth-order valence-corrected chi connectivity index (χ4v) is 2.63. The SMILES string of the molecule is O=S(=O)(N/N=C/c1cccc(Br)c1)c1ccc(F)cc1. The number of benzene rings is 2. The van der Waals surface area contributed by atoms with Crippen molar-refractivity contribution in [2.75, 3.05) is 0 Å². The number of hydrazone groups is 1. The molecule has 0 aromatic heterocycles. The van der Waals surface area contributed by atoms with Gasteiger partial charge in [-0.25, -0.2) is 9.22 Å². The van der Waals surface area contributed by atoms with Crippen molar-refractivity contribution >= 4 is 32.2 Å². The van der Waals surface area contributed by atoms with Crippen LogP contribution in [-0.4, -0.2) is 14.6 Å². The molecule has 0 atom stereocenters. The van der Waals surface area contributed by atoms with Crippen LogP contribution in [0.25, 0.3) is 0 Å². The van der Waals surface area contributed by atoms with Gasteiger partial charge in [0.1, 0.15) is 5.82 Å². The number of nitrogens with one attached hydrogen (secondary N) is 1. The molecule has 0 aliphatic rings. The predicted octanol–water partition coefficient (Wildman–Crippen LogP) is 2.90. The molecule has 2 rings (SSSR count). The summed E-state index contributed by atoms with van der Waals surface area (Å²) in [7, 11) is -3.78. The summed E-state index contributed by atoms with van der Waals surface area (Å²) in [6, 6.07) is 11.7. The molecule has 0 aliphatic heterocycles. The summed E-state index contributed by atoms with van der Waals surface area (Å²) in [4.78, 5) is 2.02. The van der Waals surface area contributed by atoms with E-state index in [1.807, 2.05) is 6.07 Å². The monoisotopic (exact) mass is 356 g/mol. The third kappa shape index (κ3) is 3.88. The smallest absolute Gasteiger partial charge is 0.207 e. The Labute approximate surface area is 124 Å². The minimum Gasteiger partial charge on any atom is -0.207 e. The van der Waals surface area contributed by atoms with Gasteiger partial charge in [-0.3, -0.25) is 0 Å². The zero-order chi connectivity index (χ0) is 14.6. The molecule has 1 N–H and O–H groups in total. The Bertz CT molecular complexity index is 730. The molecular weight excluding hydrogens is 347 g/mol. The highest BCUT2D eigenvalue weighted by atomic mass is 79.9. The molecule has 0 heterocycles. The maximum Gasteiger partial charge on any atom is 0.276 e. The average Bonchev–Trinajstić information content (AvgIpc) is 2.39. The van der Waals surface area contributed by atoms with E-state index in [1.54, 1.807) is 18.2 Å². The Morgan fingerprint density at radius 1 is 1.15 bits per heavy atom. The van der Waals surface area contributed by atoms with Gasteiger partial charge in [-0.1, -0.05) is 28.1 Å². The zero-order valence-corrected chi connectivity index (χ0v) is 12.5. The van der Waals surface area contributed by atoms with Crippen LogP contribution in [0.5, 0.6) is 0 Å². The molecule has 0 fully saturated rings. The summed E-state index contributed by atoms with van der Waals surface area (Å²) in [5.74, 6) is -0.499. The third-order valence-electron chi connectivity index (χ3n) is 2.36. The van der Waals surface area contributed by atoms with Crippen LogP contribution < -0.4 is 4.83 Å². The summed E-state index contributed by atoms with van der Waals surface area (Å²) in [5, 5.41) is 3.68. The molecule has 7 heteroatoms. The Balaban J connectivity index is 2.11. The standard InChI is InChI=1S/C13H10BrFN2O2S/c14-11-3-1-2-10(8-11)9-16-17-20(18,19)13-6-4-12(15)5-7-13/h1-9,17H/b16-9+. The Hall–Kier alpha value is -1.73. The van der Waals surface area contributed by atoms with Gasteiger partial charge in [0.05, 0.1) is 11.1 Å². The predicted molar refractivity (Wildman–Crippen MR) is 78.5 cm³/mol. The number of sulfonamides is 1. The van der Waals surface area contributed by atoms with Crippen molar-refractivity contribution in [3.63, 3.8) is 0 Å². The van der Waals surface area contributed by atoms with Gasteiger partial charge in [0, 0.05) is 4.47 Å². The molecule has 4 nitrogen and oxygen atoms in total. The Kier molecular flexibility index (Phi) is 4.51. The van der Waals surface area contributed by atoms with Crippen molar-refractivity contribution in [1.29, 1.82) is 0 Å². The van der Waals surface area contributed by atoms with Crippen LogP contribution in [-0.2, 0) is 10.0 Å². The summed E-state index contributed by atoms with van der Waals surface area (Å²) >= 11 is 3.30. The van der Waals surface area contributed by atoms with Crippen molar-refractivity contribution in [3.8, 4) is 0 Å². The molecule has 0 aliphatic carbocycles. The topological polar surface area (TPSA) is 58.5 Å². The quantitative estimate of drug-likeness (QED) is 0.676. The van der Waals surface area contributed by atoms with E-state index in [1.165, 1.54) is 18.3 Å². The van der Waals surface area contributed by atoms with Gasteiger partial charge >= 0.3 is 0 Å². The largest absolute Gasteiger partial charge is 0.276 e. The Morgan fingerprint density at radius 3 is 2.50 bits per heavy atom. The molecule has 104 valence electrons. The van der Waals surface area contributed by atoms with Crippen molar-refractivity contribution in [2.45, 2.75) is 4.90 Å². The third-order valence-corrected chi connectivity index (χ3v) is 4.09. The zero-order valence-electron chi connectivity index (χ0n) is 10.1. The normalized spacial score (nSPS) is 11.7. The first-order valence-electron chi connectivity index (χ1n) is 5.53. The van der Waals surface area contributed by atoms with E-state index < -0.39 is 15.8 Å². The molecule has 0 unspecified atom stereocenters. The molecule has 0 spiro atoms. The lowest BCUT2D eigenvalue weighted by Gasteiger charge is -2.02. The van der Waals surface area contributed by atoms with Crippen LogP contribution >= 0.6 is 15.9 Å². The van der Waals surface area contributed by atoms with Crippen LogP contribution in [0.2, 0.25) is 0 Å². The molecule has 0 saturated heterocycles. The minimum atomic E-state index is -3.78. The van der Waals surface area contributed by atoms with Crippen LogP contribution in [0, 0.1) is 5.82 Å². The number of hydrogen-bond acceptors (Lipinski definition) is 3. The van der Waals surface area contributed by atoms with Gasteiger partial charge in [-0.2, -0.15) is 13.5 Å². The van der Waals surface area contributed by atoms with E-state index in [-0.39, 0.29) is 4.90 Å². The highest BCUT2D eigenvalue weighted by Crippen LogP contribution is 2.11. The van der Waals surface area contributed by atoms with E-state index in [0.717, 1.165) is 22.2 Å². The maximum absolute atomic E-state index is 12.7. The second kappa shape index (κ2) is 6.15. The van der Waals surface area contributed by atoms with E-state index in [0.29, 0.717) is 0 Å². The van der Waals surface area contributed by atoms with Gasteiger partial charge in [-0.05, 0) is 42.0 Å². The molecule has 0 bridgehead atoms. The number of hydrogen-bond donors (Lipinski definition) is 1. The number of rotatable bonds is 4. The van der Waals surface area contributed by atoms with Crippen molar-refractivity contribution in [1.82, 2.24) is 4.83 Å². The molecule has 2 aromatic carbocycles. The molecule has 0 radical (unpaired) electrons. The van der Waals surface area contributed by atoms with Crippen LogP contribution in [0.4, 0.5) is 4.39 Å². The van der Waals surface area contributed by atoms with Gasteiger partial charge in [0.15, 0.2) is 0 Å². The first-order chi connectivity index (χ1) is 9.47. The van der Waals surface area contributed by atoms with Crippen LogP contribution in [0.1, 0.15) is 5.56 Å². The lowest BCUT2D eigenvalue weighted by Crippen LogP contribution is -2.18. The maximum atomic E-state index is 12.7. The second-order valence-corrected chi connectivity index (χ2v) is 6.44. The van der Waals surface area contributed by atoms with Crippen molar-refractivity contribution in [2.24, 2.45) is 5.10 Å². The van der Waals surface area contributed by atoms with Gasteiger partial charge in [-0.15, -0.1) is 0 Å². The van der Waals surface area contributed by atoms with Crippen LogP contribution in [0.3, 0.4) is 0 Å². The molecular formula is C13H10BrFN2O2S. The van der Waals surface area contributed by atoms with Crippen LogP contribution in [0.15, 0.2) is 63.0 Å². The average molecular weight is 357 g/mol. The molecule has 0 saturated carbocycles. The first-order valence-corrected chi connectivity index (χ1v) is 7.81. The summed E-state index contributed by atoms with van der Waals surface area (Å²) in [6.45, 7) is 0. The lowest BCUT2D eigenvalue weighted by atomic mass is 10.2. The molecule has 20 heavy (non-hydrogen) atoms. The van der Waals surface area contributed by atoms with E-state index in [4.69, 9.17) is 0 Å². The van der Waals surface area contributed by atoms with Gasteiger partial charge < -0.3 is 0 Å². The summed E-state index contributed by atoms with van der Waals surface area (Å²) in [6.07, 6.45) is 1.38. The minimum absolute atomic E-state index is 0.0507. The molecule has 2 aromatic rings. The van der Waals surface area contributed by atoms with Crippen molar-refractivity contribution < 1.29 is 12.8 Å². The lowest BCUT2D eigenvalue weighted by molar-refractivity contribution is 0.583. The van der Waals surface area contributed by atoms with E-state index in [9.17, 15) is 12.8 Å². The highest BCUT2D eigenvalue weighted by molar-refractivity contribution is 9.10. The number of halogens is 2. The number of nitrogens with zero attached hydrogens (tertiary/aromatic N) is 1. The fraction of sp³-hybridized carbons (Fsp3) is 0. The Morgan fingerprint density at radius 2 is 1.85 bits per heavy atom. The van der Waals surface area contributed by atoms with E-state index >= 15 is 0 Å². The summed E-state index contributed by atoms with van der Waals surface area (Å²) < 4.78 is 37.3. The molecule has 0 amide bonds. The second-order valence-electron chi connectivity index (χ2n) is 3.86. The van der Waals surface area contributed by atoms with Crippen molar-refractivity contribution in [3.05, 3.63) is 64.4 Å². The first kappa shape index (κ1) is 14.7. The van der Waals surface area contributed by atoms with Gasteiger partial charge in [0.25, 0.3) is 10.0 Å².